The molecule has 5 aliphatic rings. The monoisotopic (exact) mass is 548 g/mol. The minimum atomic E-state index is -0.699. The molecule has 1 aromatic rings. The minimum Gasteiger partial charge on any atom is -0.394 e. The number of rotatable bonds is 8. The Labute approximate surface area is 231 Å². The van der Waals surface area contributed by atoms with Crippen LogP contribution in [-0.4, -0.2) is 97.4 Å². The molecule has 0 radical (unpaired) electrons. The molecule has 39 heavy (non-hydrogen) atoms. The Balaban J connectivity index is 1.11. The molecule has 2 N–H and O–H groups in total. The first-order chi connectivity index (χ1) is 19.2. The van der Waals surface area contributed by atoms with Crippen LogP contribution in [0.2, 0.25) is 0 Å². The molecule has 0 bridgehead atoms. The van der Waals surface area contributed by atoms with Crippen LogP contribution in [0.15, 0.2) is 30.3 Å². The highest BCUT2D eigenvalue weighted by molar-refractivity contribution is 5.13. The van der Waals surface area contributed by atoms with Crippen molar-refractivity contribution in [2.24, 2.45) is 0 Å². The Kier molecular flexibility index (Phi) is 9.50. The smallest absolute Gasteiger partial charge is 0.158 e. The van der Waals surface area contributed by atoms with Gasteiger partial charge >= 0.3 is 0 Å². The minimum absolute atomic E-state index is 0.0531. The second kappa shape index (κ2) is 13.2. The highest BCUT2D eigenvalue weighted by atomic mass is 16.7. The van der Waals surface area contributed by atoms with Crippen LogP contribution in [0.4, 0.5) is 0 Å². The van der Waals surface area contributed by atoms with Gasteiger partial charge in [0.2, 0.25) is 0 Å². The molecule has 5 aliphatic heterocycles. The van der Waals surface area contributed by atoms with Gasteiger partial charge in [-0.3, -0.25) is 0 Å². The first-order valence-corrected chi connectivity index (χ1v) is 15.0. The van der Waals surface area contributed by atoms with E-state index in [0.29, 0.717) is 38.9 Å². The maximum Gasteiger partial charge on any atom is 0.158 e. The standard InChI is InChI=1S/C30H44O9/c31-17-28-21(32)9-10-22-24(37-28)15-26-30(39-22)27(38-29-8-4-5-12-34-29)16-25-23(36-26)14-20(35-25)11-13-33-18-19-6-2-1-3-7-19/h1-3,6-7,20-32H,4-5,8-18H2/t20-,21-,22+,23-,24-,25+,26+,27-,28+,29?,30+/m0/s1. The van der Waals surface area contributed by atoms with Gasteiger partial charge in [-0.1, -0.05) is 30.3 Å². The summed E-state index contributed by atoms with van der Waals surface area (Å²) in [6.45, 7) is 1.74. The topological polar surface area (TPSA) is 105 Å². The number of fused-ring (bicyclic) bond motifs is 3. The average molecular weight is 549 g/mol. The summed E-state index contributed by atoms with van der Waals surface area (Å²) in [7, 11) is 0. The van der Waals surface area contributed by atoms with Gasteiger partial charge in [-0.2, -0.15) is 0 Å². The van der Waals surface area contributed by atoms with Crippen LogP contribution in [-0.2, 0) is 39.8 Å². The molecule has 0 aromatic heterocycles. The maximum atomic E-state index is 10.4. The van der Waals surface area contributed by atoms with E-state index in [1.807, 2.05) is 18.2 Å². The summed E-state index contributed by atoms with van der Waals surface area (Å²) in [6, 6.07) is 10.2. The zero-order valence-electron chi connectivity index (χ0n) is 22.7. The number of aliphatic hydroxyl groups is 2. The Morgan fingerprint density at radius 2 is 1.67 bits per heavy atom. The molecule has 1 unspecified atom stereocenters. The van der Waals surface area contributed by atoms with Crippen LogP contribution in [0, 0.1) is 0 Å². The third-order valence-electron chi connectivity index (χ3n) is 8.90. The molecule has 9 nitrogen and oxygen atoms in total. The summed E-state index contributed by atoms with van der Waals surface area (Å²) in [5.41, 5.74) is 1.17. The molecule has 0 aliphatic carbocycles. The summed E-state index contributed by atoms with van der Waals surface area (Å²) in [5.74, 6) is 0. The normalized spacial score (nSPS) is 42.6. The van der Waals surface area contributed by atoms with E-state index in [1.54, 1.807) is 0 Å². The molecule has 5 saturated heterocycles. The van der Waals surface area contributed by atoms with E-state index in [4.69, 9.17) is 33.2 Å². The van der Waals surface area contributed by atoms with Crippen LogP contribution in [0.5, 0.6) is 0 Å². The second-order valence-electron chi connectivity index (χ2n) is 11.7. The Morgan fingerprint density at radius 1 is 0.821 bits per heavy atom. The molecule has 218 valence electrons. The third kappa shape index (κ3) is 6.85. The van der Waals surface area contributed by atoms with Gasteiger partial charge in [0.1, 0.15) is 12.2 Å². The van der Waals surface area contributed by atoms with Crippen molar-refractivity contribution in [3.05, 3.63) is 35.9 Å². The lowest BCUT2D eigenvalue weighted by atomic mass is 9.92. The van der Waals surface area contributed by atoms with Crippen molar-refractivity contribution < 1.29 is 43.4 Å². The van der Waals surface area contributed by atoms with Gasteiger partial charge in [-0.05, 0) is 44.1 Å². The van der Waals surface area contributed by atoms with E-state index in [1.165, 1.54) is 5.56 Å². The number of benzene rings is 1. The summed E-state index contributed by atoms with van der Waals surface area (Å²) >= 11 is 0. The third-order valence-corrected chi connectivity index (χ3v) is 8.90. The van der Waals surface area contributed by atoms with E-state index in [9.17, 15) is 10.2 Å². The first kappa shape index (κ1) is 28.0. The van der Waals surface area contributed by atoms with Gasteiger partial charge in [-0.15, -0.1) is 0 Å². The molecule has 5 heterocycles. The molecule has 5 fully saturated rings. The van der Waals surface area contributed by atoms with Crippen molar-refractivity contribution in [3.8, 4) is 0 Å². The zero-order valence-corrected chi connectivity index (χ0v) is 22.7. The van der Waals surface area contributed by atoms with Gasteiger partial charge in [0.25, 0.3) is 0 Å². The molecular formula is C30H44O9. The Bertz CT molecular complexity index is 880. The number of aliphatic hydroxyl groups excluding tert-OH is 2. The highest BCUT2D eigenvalue weighted by Gasteiger charge is 2.52. The van der Waals surface area contributed by atoms with E-state index >= 15 is 0 Å². The lowest BCUT2D eigenvalue weighted by Crippen LogP contribution is -2.54. The Morgan fingerprint density at radius 3 is 2.49 bits per heavy atom. The van der Waals surface area contributed by atoms with Crippen LogP contribution in [0.3, 0.4) is 0 Å². The number of hydrogen-bond donors (Lipinski definition) is 2. The molecule has 6 rings (SSSR count). The fourth-order valence-electron chi connectivity index (χ4n) is 6.80. The first-order valence-electron chi connectivity index (χ1n) is 15.0. The van der Waals surface area contributed by atoms with Crippen molar-refractivity contribution in [1.82, 2.24) is 0 Å². The predicted molar refractivity (Wildman–Crippen MR) is 140 cm³/mol. The molecule has 0 saturated carbocycles. The molecule has 1 aromatic carbocycles. The van der Waals surface area contributed by atoms with E-state index in [-0.39, 0.29) is 61.7 Å². The van der Waals surface area contributed by atoms with Crippen molar-refractivity contribution in [3.63, 3.8) is 0 Å². The summed E-state index contributed by atoms with van der Waals surface area (Å²) in [5, 5.41) is 20.2. The van der Waals surface area contributed by atoms with Crippen molar-refractivity contribution in [1.29, 1.82) is 0 Å². The van der Waals surface area contributed by atoms with Crippen molar-refractivity contribution in [2.45, 2.75) is 132 Å². The SMILES string of the molecule is OC[C@H]1O[C@H]2C[C@H]3O[C@H]4C[C@H](CCOCc5ccccc5)O[C@@H]4C[C@H](OC4CCCCO4)[C@@H]3O[C@@H]2CC[C@@H]1O. The maximum absolute atomic E-state index is 10.4. The largest absolute Gasteiger partial charge is 0.394 e. The predicted octanol–water partition coefficient (Wildman–Crippen LogP) is 2.88. The van der Waals surface area contributed by atoms with E-state index < -0.39 is 12.2 Å². The molecule has 0 spiro atoms. The lowest BCUT2D eigenvalue weighted by molar-refractivity contribution is -0.262. The second-order valence-corrected chi connectivity index (χ2v) is 11.7. The number of ether oxygens (including phenoxy) is 7. The average Bonchev–Trinajstić information content (AvgIpc) is 3.18. The zero-order chi connectivity index (χ0) is 26.6. The van der Waals surface area contributed by atoms with Crippen LogP contribution >= 0.6 is 0 Å². The van der Waals surface area contributed by atoms with Crippen LogP contribution in [0.25, 0.3) is 0 Å². The van der Waals surface area contributed by atoms with Crippen LogP contribution < -0.4 is 0 Å². The molecule has 11 atom stereocenters. The van der Waals surface area contributed by atoms with Gasteiger partial charge in [0, 0.05) is 32.5 Å². The van der Waals surface area contributed by atoms with Crippen molar-refractivity contribution in [2.75, 3.05) is 19.8 Å². The molecule has 9 heteroatoms. The van der Waals surface area contributed by atoms with Gasteiger partial charge in [-0.25, -0.2) is 0 Å². The fraction of sp³-hybridized carbons (Fsp3) is 0.800. The fourth-order valence-corrected chi connectivity index (χ4v) is 6.80. The van der Waals surface area contributed by atoms with Gasteiger partial charge < -0.3 is 43.4 Å². The Hall–Kier alpha value is -1.14. The van der Waals surface area contributed by atoms with E-state index in [0.717, 1.165) is 38.7 Å². The molecular weight excluding hydrogens is 504 g/mol. The van der Waals surface area contributed by atoms with Crippen LogP contribution in [0.1, 0.15) is 63.4 Å². The van der Waals surface area contributed by atoms with Gasteiger partial charge in [0.05, 0.1) is 62.0 Å². The highest BCUT2D eigenvalue weighted by Crippen LogP contribution is 2.41. The molecule has 0 amide bonds. The number of hydrogen-bond acceptors (Lipinski definition) is 9. The van der Waals surface area contributed by atoms with Gasteiger partial charge in [0.15, 0.2) is 6.29 Å². The summed E-state index contributed by atoms with van der Waals surface area (Å²) in [6.07, 6.45) is 4.47. The quantitative estimate of drug-likeness (QED) is 0.475. The summed E-state index contributed by atoms with van der Waals surface area (Å²) < 4.78 is 44.6. The summed E-state index contributed by atoms with van der Waals surface area (Å²) in [4.78, 5) is 0. The lowest BCUT2D eigenvalue weighted by Gasteiger charge is -2.43. The van der Waals surface area contributed by atoms with E-state index in [2.05, 4.69) is 12.1 Å². The van der Waals surface area contributed by atoms with Crippen molar-refractivity contribution >= 4 is 0 Å².